The molecule has 0 spiro atoms. The molecule has 0 amide bonds. The quantitative estimate of drug-likeness (QED) is 0.676. The van der Waals surface area contributed by atoms with Crippen molar-refractivity contribution in [3.05, 3.63) is 33.3 Å². The van der Waals surface area contributed by atoms with E-state index in [0.717, 1.165) is 24.9 Å². The van der Waals surface area contributed by atoms with Crippen molar-refractivity contribution in [2.45, 2.75) is 37.5 Å². The van der Waals surface area contributed by atoms with Gasteiger partial charge in [0.1, 0.15) is 0 Å². The van der Waals surface area contributed by atoms with Crippen molar-refractivity contribution in [2.24, 2.45) is 0 Å². The summed E-state index contributed by atoms with van der Waals surface area (Å²) < 4.78 is 5.75. The van der Waals surface area contributed by atoms with Gasteiger partial charge in [-0.1, -0.05) is 11.6 Å². The number of rotatable bonds is 3. The van der Waals surface area contributed by atoms with E-state index in [0.29, 0.717) is 11.1 Å². The van der Waals surface area contributed by atoms with Gasteiger partial charge in [0.2, 0.25) is 0 Å². The summed E-state index contributed by atoms with van der Waals surface area (Å²) in [7, 11) is 0. The molecule has 6 heteroatoms. The molecule has 3 unspecified atom stereocenters. The summed E-state index contributed by atoms with van der Waals surface area (Å²) in [6.07, 6.45) is 3.81. The summed E-state index contributed by atoms with van der Waals surface area (Å²) in [6.45, 7) is 0. The van der Waals surface area contributed by atoms with E-state index in [9.17, 15) is 10.1 Å². The molecule has 2 fully saturated rings. The molecule has 2 heterocycles. The Kier molecular flexibility index (Phi) is 2.87. The van der Waals surface area contributed by atoms with Gasteiger partial charge in [-0.15, -0.1) is 0 Å². The van der Waals surface area contributed by atoms with Crippen molar-refractivity contribution >= 4 is 23.0 Å². The number of nitro benzene ring substituents is 1. The van der Waals surface area contributed by atoms with Crippen LogP contribution in [0.4, 0.5) is 11.4 Å². The van der Waals surface area contributed by atoms with E-state index in [-0.39, 0.29) is 17.8 Å². The van der Waals surface area contributed by atoms with E-state index < -0.39 is 4.92 Å². The lowest BCUT2D eigenvalue weighted by atomic mass is 9.95. The van der Waals surface area contributed by atoms with Crippen LogP contribution in [0, 0.1) is 10.1 Å². The second-order valence-electron chi connectivity index (χ2n) is 4.78. The molecule has 2 bridgehead atoms. The highest BCUT2D eigenvalue weighted by Crippen LogP contribution is 2.37. The number of nitrogens with one attached hydrogen (secondary N) is 1. The molecule has 18 heavy (non-hydrogen) atoms. The second-order valence-corrected chi connectivity index (χ2v) is 5.19. The number of hydrogen-bond donors (Lipinski definition) is 1. The van der Waals surface area contributed by atoms with Crippen molar-refractivity contribution in [2.75, 3.05) is 5.32 Å². The molecule has 2 aliphatic heterocycles. The standard InChI is InChI=1S/C12H13ClN2O3/c13-9-5-7(15(16)17)1-3-10(9)14-11-6-8-2-4-12(11)18-8/h1,3,5,8,11-12,14H,2,4,6H2. The molecule has 3 rings (SSSR count). The van der Waals surface area contributed by atoms with Gasteiger partial charge in [-0.2, -0.15) is 0 Å². The van der Waals surface area contributed by atoms with E-state index in [2.05, 4.69) is 5.32 Å². The summed E-state index contributed by atoms with van der Waals surface area (Å²) in [5.41, 5.74) is 0.748. The zero-order chi connectivity index (χ0) is 12.7. The van der Waals surface area contributed by atoms with Crippen LogP contribution in [0.15, 0.2) is 18.2 Å². The number of hydrogen-bond acceptors (Lipinski definition) is 4. The maximum atomic E-state index is 10.6. The Morgan fingerprint density at radius 2 is 2.28 bits per heavy atom. The first-order chi connectivity index (χ1) is 8.63. The highest BCUT2D eigenvalue weighted by Gasteiger charge is 2.40. The van der Waals surface area contributed by atoms with E-state index in [1.54, 1.807) is 6.07 Å². The lowest BCUT2D eigenvalue weighted by Crippen LogP contribution is -2.30. The molecule has 0 aromatic heterocycles. The second kappa shape index (κ2) is 4.40. The van der Waals surface area contributed by atoms with Gasteiger partial charge < -0.3 is 10.1 Å². The number of anilines is 1. The molecule has 0 radical (unpaired) electrons. The first-order valence-corrected chi connectivity index (χ1v) is 6.37. The molecule has 1 aromatic rings. The van der Waals surface area contributed by atoms with Crippen LogP contribution in [0.5, 0.6) is 0 Å². The van der Waals surface area contributed by atoms with Crippen molar-refractivity contribution in [1.82, 2.24) is 0 Å². The van der Waals surface area contributed by atoms with Crippen molar-refractivity contribution < 1.29 is 9.66 Å². The fourth-order valence-corrected chi connectivity index (χ4v) is 2.95. The van der Waals surface area contributed by atoms with Gasteiger partial charge in [0.05, 0.1) is 33.9 Å². The molecule has 2 saturated heterocycles. The van der Waals surface area contributed by atoms with Gasteiger partial charge in [0, 0.05) is 12.1 Å². The third-order valence-corrected chi connectivity index (χ3v) is 3.92. The molecule has 5 nitrogen and oxygen atoms in total. The van der Waals surface area contributed by atoms with Gasteiger partial charge >= 0.3 is 0 Å². The van der Waals surface area contributed by atoms with Crippen LogP contribution in [0.25, 0.3) is 0 Å². The number of nitro groups is 1. The Morgan fingerprint density at radius 1 is 1.44 bits per heavy atom. The van der Waals surface area contributed by atoms with Gasteiger partial charge in [0.25, 0.3) is 5.69 Å². The largest absolute Gasteiger partial charge is 0.378 e. The topological polar surface area (TPSA) is 64.4 Å². The molecule has 96 valence electrons. The van der Waals surface area contributed by atoms with E-state index in [4.69, 9.17) is 16.3 Å². The molecule has 2 aliphatic rings. The minimum absolute atomic E-state index is 0.00902. The zero-order valence-corrected chi connectivity index (χ0v) is 10.4. The molecule has 0 aliphatic carbocycles. The van der Waals surface area contributed by atoms with Crippen molar-refractivity contribution in [1.29, 1.82) is 0 Å². The maximum absolute atomic E-state index is 10.6. The van der Waals surface area contributed by atoms with E-state index in [1.165, 1.54) is 12.1 Å². The van der Waals surface area contributed by atoms with Crippen LogP contribution in [0.3, 0.4) is 0 Å². The van der Waals surface area contributed by atoms with E-state index in [1.807, 2.05) is 0 Å². The Morgan fingerprint density at radius 3 is 2.83 bits per heavy atom. The van der Waals surface area contributed by atoms with Crippen LogP contribution in [0.1, 0.15) is 19.3 Å². The van der Waals surface area contributed by atoms with Crippen LogP contribution >= 0.6 is 11.6 Å². The monoisotopic (exact) mass is 268 g/mol. The molecule has 0 saturated carbocycles. The highest BCUT2D eigenvalue weighted by molar-refractivity contribution is 6.33. The smallest absolute Gasteiger partial charge is 0.271 e. The van der Waals surface area contributed by atoms with Crippen LogP contribution < -0.4 is 5.32 Å². The molecular weight excluding hydrogens is 256 g/mol. The van der Waals surface area contributed by atoms with Gasteiger partial charge in [-0.05, 0) is 25.3 Å². The number of fused-ring (bicyclic) bond motifs is 2. The number of non-ortho nitro benzene ring substituents is 1. The lowest BCUT2D eigenvalue weighted by Gasteiger charge is -2.21. The maximum Gasteiger partial charge on any atom is 0.271 e. The van der Waals surface area contributed by atoms with Crippen LogP contribution in [-0.2, 0) is 4.74 Å². The van der Waals surface area contributed by atoms with Crippen LogP contribution in [-0.4, -0.2) is 23.2 Å². The summed E-state index contributed by atoms with van der Waals surface area (Å²) in [6, 6.07) is 4.76. The van der Waals surface area contributed by atoms with Crippen molar-refractivity contribution in [3.63, 3.8) is 0 Å². The summed E-state index contributed by atoms with van der Waals surface area (Å²) in [5, 5.41) is 14.3. The Hall–Kier alpha value is -1.33. The minimum Gasteiger partial charge on any atom is -0.378 e. The molecule has 1 N–H and O–H groups in total. The summed E-state index contributed by atoms with van der Waals surface area (Å²) >= 11 is 6.05. The normalized spacial score (nSPS) is 29.5. The minimum atomic E-state index is -0.448. The SMILES string of the molecule is O=[N+]([O-])c1ccc(NC2CC3CCC2O3)c(Cl)c1. The lowest BCUT2D eigenvalue weighted by molar-refractivity contribution is -0.384. The summed E-state index contributed by atoms with van der Waals surface area (Å²) in [5.74, 6) is 0. The number of ether oxygens (including phenoxy) is 1. The highest BCUT2D eigenvalue weighted by atomic mass is 35.5. The Balaban J connectivity index is 1.75. The van der Waals surface area contributed by atoms with Gasteiger partial charge in [-0.25, -0.2) is 0 Å². The average molecular weight is 269 g/mol. The molecule has 3 atom stereocenters. The zero-order valence-electron chi connectivity index (χ0n) is 9.64. The summed E-state index contributed by atoms with van der Waals surface area (Å²) in [4.78, 5) is 10.2. The predicted octanol–water partition coefficient (Wildman–Crippen LogP) is 2.98. The van der Waals surface area contributed by atoms with Gasteiger partial charge in [-0.3, -0.25) is 10.1 Å². The molecule has 1 aromatic carbocycles. The Labute approximate surface area is 109 Å². The van der Waals surface area contributed by atoms with E-state index >= 15 is 0 Å². The van der Waals surface area contributed by atoms with Crippen molar-refractivity contribution in [3.8, 4) is 0 Å². The first-order valence-electron chi connectivity index (χ1n) is 5.99. The average Bonchev–Trinajstić information content (AvgIpc) is 2.93. The van der Waals surface area contributed by atoms with Crippen LogP contribution in [0.2, 0.25) is 5.02 Å². The third kappa shape index (κ3) is 2.04. The number of nitrogens with zero attached hydrogens (tertiary/aromatic N) is 1. The first kappa shape index (κ1) is 11.7. The Bertz CT molecular complexity index is 494. The fourth-order valence-electron chi connectivity index (χ4n) is 2.72. The number of benzene rings is 1. The van der Waals surface area contributed by atoms with Gasteiger partial charge in [0.15, 0.2) is 0 Å². The predicted molar refractivity (Wildman–Crippen MR) is 68.0 cm³/mol. The third-order valence-electron chi connectivity index (χ3n) is 3.61. The molecular formula is C12H13ClN2O3. The fraction of sp³-hybridized carbons (Fsp3) is 0.500. The number of halogens is 1.